The normalized spacial score (nSPS) is 14.2. The van der Waals surface area contributed by atoms with Gasteiger partial charge in [0.1, 0.15) is 17.3 Å². The second-order valence-electron chi connectivity index (χ2n) is 18.0. The molecule has 3 aromatic heterocycles. The fraction of sp³-hybridized carbons (Fsp3) is 0.222. The molecule has 6 heteroatoms. The van der Waals surface area contributed by atoms with Crippen LogP contribution in [0.3, 0.4) is 0 Å². The third kappa shape index (κ3) is 5.76. The molecule has 1 aliphatic heterocycles. The van der Waals surface area contributed by atoms with Crippen LogP contribution in [-0.4, -0.2) is 23.9 Å². The highest BCUT2D eigenvalue weighted by Crippen LogP contribution is 2.53. The van der Waals surface area contributed by atoms with Crippen LogP contribution in [0.4, 0.5) is 0 Å². The molecule has 4 heterocycles. The standard InChI is InChI=1S/C54H51N5O/c1-34(2)40-23-17-24-41(35(3)4)50(40)57-33-49(56-52(57)37-20-13-10-14-21-37)58-46-25-16-15-22-42(46)43-28-26-38(30-47(43)58)60-39-27-29-45-48(31-39)59-51(54(7,8)53(45,5)6)44(32-55-59)36-18-11-9-12-19-36/h9-35H,1-8H3. The minimum absolute atomic E-state index is 0.173. The molecule has 0 unspecified atom stereocenters. The first-order chi connectivity index (χ1) is 28.9. The third-order valence-corrected chi connectivity index (χ3v) is 13.3. The van der Waals surface area contributed by atoms with E-state index in [1.165, 1.54) is 39.0 Å². The van der Waals surface area contributed by atoms with Gasteiger partial charge in [-0.25, -0.2) is 9.67 Å². The van der Waals surface area contributed by atoms with Crippen LogP contribution >= 0.6 is 0 Å². The van der Waals surface area contributed by atoms with Gasteiger partial charge in [-0.3, -0.25) is 9.13 Å². The molecule has 0 bridgehead atoms. The first-order valence-electron chi connectivity index (χ1n) is 21.2. The lowest BCUT2D eigenvalue weighted by molar-refractivity contribution is 0.275. The average Bonchev–Trinajstić information content (AvgIpc) is 3.98. The molecule has 0 radical (unpaired) electrons. The van der Waals surface area contributed by atoms with Crippen molar-refractivity contribution in [2.24, 2.45) is 0 Å². The van der Waals surface area contributed by atoms with E-state index in [0.717, 1.165) is 56.4 Å². The molecular formula is C54H51N5O. The average molecular weight is 786 g/mol. The predicted molar refractivity (Wildman–Crippen MR) is 247 cm³/mol. The molecule has 0 amide bonds. The highest BCUT2D eigenvalue weighted by molar-refractivity contribution is 6.09. The Morgan fingerprint density at radius 1 is 0.583 bits per heavy atom. The number of hydrogen-bond donors (Lipinski definition) is 0. The Hall–Kier alpha value is -6.66. The quantitative estimate of drug-likeness (QED) is 0.154. The summed E-state index contributed by atoms with van der Waals surface area (Å²) in [5.74, 6) is 3.93. The number of para-hydroxylation sites is 2. The number of nitrogens with zero attached hydrogens (tertiary/aromatic N) is 5. The lowest BCUT2D eigenvalue weighted by atomic mass is 9.59. The van der Waals surface area contributed by atoms with Crippen molar-refractivity contribution in [1.82, 2.24) is 23.9 Å². The monoisotopic (exact) mass is 785 g/mol. The second kappa shape index (κ2) is 14.0. The Bertz CT molecular complexity index is 3040. The Morgan fingerprint density at radius 2 is 1.20 bits per heavy atom. The maximum atomic E-state index is 6.84. The molecule has 10 rings (SSSR count). The van der Waals surface area contributed by atoms with Crippen molar-refractivity contribution in [2.75, 3.05) is 0 Å². The lowest BCUT2D eigenvalue weighted by Crippen LogP contribution is -2.46. The van der Waals surface area contributed by atoms with Crippen LogP contribution in [0, 0.1) is 0 Å². The molecular weight excluding hydrogens is 735 g/mol. The fourth-order valence-corrected chi connectivity index (χ4v) is 9.50. The summed E-state index contributed by atoms with van der Waals surface area (Å²) in [6.45, 7) is 18.5. The number of rotatable bonds is 8. The van der Waals surface area contributed by atoms with E-state index in [4.69, 9.17) is 14.8 Å². The van der Waals surface area contributed by atoms with Crippen molar-refractivity contribution in [2.45, 2.75) is 78.1 Å². The number of hydrogen-bond acceptors (Lipinski definition) is 3. The van der Waals surface area contributed by atoms with Gasteiger partial charge in [-0.1, -0.05) is 159 Å². The minimum Gasteiger partial charge on any atom is -0.457 e. The fourth-order valence-electron chi connectivity index (χ4n) is 9.50. The number of aromatic nitrogens is 5. The molecule has 298 valence electrons. The topological polar surface area (TPSA) is 49.8 Å². The molecule has 60 heavy (non-hydrogen) atoms. The minimum atomic E-state index is -0.191. The highest BCUT2D eigenvalue weighted by Gasteiger charge is 2.48. The maximum Gasteiger partial charge on any atom is 0.156 e. The van der Waals surface area contributed by atoms with Crippen molar-refractivity contribution in [3.8, 4) is 51.2 Å². The summed E-state index contributed by atoms with van der Waals surface area (Å²) in [5.41, 5.74) is 12.5. The SMILES string of the molecule is CC(C)c1cccc(C(C)C)c1-n1cc(-n2c3ccccc3c3ccc(Oc4ccc5c(c4)-n4ncc(-c6ccccc6)c4C(C)(C)C5(C)C)cc32)nc1-c1ccccc1. The van der Waals surface area contributed by atoms with Crippen LogP contribution in [0.25, 0.3) is 61.5 Å². The van der Waals surface area contributed by atoms with Gasteiger partial charge in [-0.05, 0) is 58.4 Å². The summed E-state index contributed by atoms with van der Waals surface area (Å²) < 4.78 is 13.6. The highest BCUT2D eigenvalue weighted by atomic mass is 16.5. The van der Waals surface area contributed by atoms with E-state index < -0.39 is 0 Å². The van der Waals surface area contributed by atoms with Crippen molar-refractivity contribution in [1.29, 1.82) is 0 Å². The van der Waals surface area contributed by atoms with Crippen LogP contribution in [0.5, 0.6) is 11.5 Å². The second-order valence-corrected chi connectivity index (χ2v) is 18.0. The smallest absolute Gasteiger partial charge is 0.156 e. The zero-order valence-corrected chi connectivity index (χ0v) is 35.7. The summed E-state index contributed by atoms with van der Waals surface area (Å²) in [6, 6.07) is 49.4. The molecule has 0 N–H and O–H groups in total. The molecule has 9 aromatic rings. The van der Waals surface area contributed by atoms with E-state index >= 15 is 0 Å². The van der Waals surface area contributed by atoms with E-state index in [1.54, 1.807) is 0 Å². The van der Waals surface area contributed by atoms with Gasteiger partial charge < -0.3 is 4.74 Å². The van der Waals surface area contributed by atoms with E-state index in [9.17, 15) is 0 Å². The Morgan fingerprint density at radius 3 is 1.90 bits per heavy atom. The van der Waals surface area contributed by atoms with E-state index in [1.807, 2.05) is 6.20 Å². The van der Waals surface area contributed by atoms with Crippen molar-refractivity contribution >= 4 is 21.8 Å². The van der Waals surface area contributed by atoms with Crippen LogP contribution in [-0.2, 0) is 10.8 Å². The largest absolute Gasteiger partial charge is 0.457 e. The van der Waals surface area contributed by atoms with Gasteiger partial charge >= 0.3 is 0 Å². The molecule has 0 spiro atoms. The van der Waals surface area contributed by atoms with Crippen molar-refractivity contribution < 1.29 is 4.74 Å². The van der Waals surface area contributed by atoms with Gasteiger partial charge in [0, 0.05) is 44.9 Å². The van der Waals surface area contributed by atoms with Gasteiger partial charge in [-0.2, -0.15) is 5.10 Å². The molecule has 0 saturated heterocycles. The molecule has 6 aromatic carbocycles. The Labute approximate surface area is 352 Å². The third-order valence-electron chi connectivity index (χ3n) is 13.3. The number of imidazole rings is 1. The van der Waals surface area contributed by atoms with Gasteiger partial charge in [0.2, 0.25) is 0 Å². The van der Waals surface area contributed by atoms with Gasteiger partial charge in [0.25, 0.3) is 0 Å². The van der Waals surface area contributed by atoms with Crippen molar-refractivity contribution in [3.05, 3.63) is 174 Å². The summed E-state index contributed by atoms with van der Waals surface area (Å²) in [6.07, 6.45) is 4.25. The number of ether oxygens (including phenoxy) is 1. The molecule has 0 fully saturated rings. The summed E-state index contributed by atoms with van der Waals surface area (Å²) in [4.78, 5) is 5.51. The maximum absolute atomic E-state index is 6.84. The van der Waals surface area contributed by atoms with Gasteiger partial charge in [0.05, 0.1) is 40.5 Å². The zero-order valence-electron chi connectivity index (χ0n) is 35.7. The summed E-state index contributed by atoms with van der Waals surface area (Å²) in [5, 5.41) is 7.33. The van der Waals surface area contributed by atoms with Crippen molar-refractivity contribution in [3.63, 3.8) is 0 Å². The Balaban J connectivity index is 1.12. The zero-order chi connectivity index (χ0) is 41.5. The molecule has 0 aliphatic carbocycles. The first-order valence-corrected chi connectivity index (χ1v) is 21.2. The lowest BCUT2D eigenvalue weighted by Gasteiger charge is -2.47. The van der Waals surface area contributed by atoms with E-state index in [0.29, 0.717) is 11.8 Å². The molecule has 6 nitrogen and oxygen atoms in total. The summed E-state index contributed by atoms with van der Waals surface area (Å²) in [7, 11) is 0. The van der Waals surface area contributed by atoms with Crippen LogP contribution < -0.4 is 4.74 Å². The van der Waals surface area contributed by atoms with Crippen LogP contribution in [0.15, 0.2) is 152 Å². The summed E-state index contributed by atoms with van der Waals surface area (Å²) >= 11 is 0. The van der Waals surface area contributed by atoms with Gasteiger partial charge in [0.15, 0.2) is 5.82 Å². The van der Waals surface area contributed by atoms with Gasteiger partial charge in [-0.15, -0.1) is 0 Å². The van der Waals surface area contributed by atoms with E-state index in [-0.39, 0.29) is 10.8 Å². The van der Waals surface area contributed by atoms with E-state index in [2.05, 4.69) is 215 Å². The molecule has 1 aliphatic rings. The predicted octanol–water partition coefficient (Wildman–Crippen LogP) is 14.1. The Kier molecular flexibility index (Phi) is 8.76. The molecule has 0 saturated carbocycles. The van der Waals surface area contributed by atoms with Crippen LogP contribution in [0.1, 0.15) is 89.6 Å². The number of fused-ring (bicyclic) bond motifs is 6. The van der Waals surface area contributed by atoms with Crippen LogP contribution in [0.2, 0.25) is 0 Å². The number of benzene rings is 6. The first kappa shape index (κ1) is 37.6. The molecule has 0 atom stereocenters.